The monoisotopic (exact) mass is 212 g/mol. The fourth-order valence-corrected chi connectivity index (χ4v) is 1.27. The Labute approximate surface area is 84.6 Å². The van der Waals surface area contributed by atoms with Gasteiger partial charge in [0.1, 0.15) is 5.52 Å². The molecule has 0 radical (unpaired) electrons. The lowest BCUT2D eigenvalue weighted by Gasteiger charge is -2.00. The van der Waals surface area contributed by atoms with E-state index < -0.39 is 0 Å². The van der Waals surface area contributed by atoms with E-state index in [0.717, 1.165) is 11.7 Å². The first-order chi connectivity index (χ1) is 7.13. The van der Waals surface area contributed by atoms with Crippen LogP contribution in [0.3, 0.4) is 0 Å². The van der Waals surface area contributed by atoms with Gasteiger partial charge in [0.25, 0.3) is 5.56 Å². The predicted molar refractivity (Wildman–Crippen MR) is 54.7 cm³/mol. The minimum Gasteiger partial charge on any atom is -0.400 e. The molecule has 15 heavy (non-hydrogen) atoms. The van der Waals surface area contributed by atoms with E-state index in [1.807, 2.05) is 0 Å². The van der Waals surface area contributed by atoms with Crippen molar-refractivity contribution in [3.8, 4) is 0 Å². The lowest BCUT2D eigenvalue weighted by atomic mass is 10.5. The van der Waals surface area contributed by atoms with Crippen molar-refractivity contribution in [2.24, 2.45) is 14.1 Å². The van der Waals surface area contributed by atoms with Crippen molar-refractivity contribution >= 4 is 11.2 Å². The number of aryl methyl sites for hydroxylation is 1. The second kappa shape index (κ2) is 4.09. The fourth-order valence-electron chi connectivity index (χ4n) is 1.27. The Morgan fingerprint density at radius 1 is 1.27 bits per heavy atom. The van der Waals surface area contributed by atoms with Gasteiger partial charge in [-0.25, -0.2) is 9.78 Å². The van der Waals surface area contributed by atoms with E-state index in [1.54, 1.807) is 7.05 Å². The molecule has 0 aliphatic heterocycles. The van der Waals surface area contributed by atoms with Gasteiger partial charge in [-0.05, 0) is 0 Å². The molecule has 0 atom stereocenters. The summed E-state index contributed by atoms with van der Waals surface area (Å²) in [6.45, 7) is 0. The maximum atomic E-state index is 11.4. The van der Waals surface area contributed by atoms with Gasteiger partial charge in [0.05, 0.1) is 6.33 Å². The quantitative estimate of drug-likeness (QED) is 0.560. The number of nitrogens with one attached hydrogen (secondary N) is 1. The molecule has 0 saturated heterocycles. The van der Waals surface area contributed by atoms with Crippen LogP contribution in [-0.2, 0) is 14.1 Å². The van der Waals surface area contributed by atoms with Crippen molar-refractivity contribution in [3.05, 3.63) is 27.2 Å². The number of hydrogen-bond donors (Lipinski definition) is 2. The SMILES string of the molecule is CO.Cn1c(=O)c2[nH]cnc2n(C)c1=O. The van der Waals surface area contributed by atoms with Crippen LogP contribution in [0.4, 0.5) is 0 Å². The number of aromatic nitrogens is 4. The molecule has 2 heterocycles. The van der Waals surface area contributed by atoms with Crippen LogP contribution in [0.15, 0.2) is 15.9 Å². The first kappa shape index (κ1) is 11.2. The predicted octanol–water partition coefficient (Wildman–Crippen LogP) is -1.43. The fraction of sp³-hybridized carbons (Fsp3) is 0.375. The third kappa shape index (κ3) is 1.57. The summed E-state index contributed by atoms with van der Waals surface area (Å²) in [6.07, 6.45) is 1.39. The number of fused-ring (bicyclic) bond motifs is 1. The van der Waals surface area contributed by atoms with Gasteiger partial charge in [-0.2, -0.15) is 0 Å². The molecule has 0 amide bonds. The molecule has 2 rings (SSSR count). The largest absolute Gasteiger partial charge is 0.400 e. The third-order valence-electron chi connectivity index (χ3n) is 2.03. The number of aromatic amines is 1. The zero-order valence-electron chi connectivity index (χ0n) is 8.68. The Balaban J connectivity index is 0.000000531. The van der Waals surface area contributed by atoms with Gasteiger partial charge >= 0.3 is 5.69 Å². The van der Waals surface area contributed by atoms with Gasteiger partial charge in [-0.1, -0.05) is 0 Å². The number of aliphatic hydroxyl groups excluding tert-OH is 1. The molecule has 0 spiro atoms. The van der Waals surface area contributed by atoms with Gasteiger partial charge in [-0.3, -0.25) is 13.9 Å². The van der Waals surface area contributed by atoms with Crippen LogP contribution in [0.2, 0.25) is 0 Å². The van der Waals surface area contributed by atoms with Crippen molar-refractivity contribution in [3.63, 3.8) is 0 Å². The summed E-state index contributed by atoms with van der Waals surface area (Å²) in [4.78, 5) is 29.4. The minimum atomic E-state index is -0.371. The smallest absolute Gasteiger partial charge is 0.332 e. The van der Waals surface area contributed by atoms with Crippen molar-refractivity contribution in [2.45, 2.75) is 0 Å². The highest BCUT2D eigenvalue weighted by atomic mass is 16.2. The van der Waals surface area contributed by atoms with Crippen molar-refractivity contribution in [1.29, 1.82) is 0 Å². The van der Waals surface area contributed by atoms with E-state index in [9.17, 15) is 9.59 Å². The van der Waals surface area contributed by atoms with Crippen LogP contribution < -0.4 is 11.2 Å². The molecule has 0 fully saturated rings. The number of imidazole rings is 1. The maximum Gasteiger partial charge on any atom is 0.332 e. The summed E-state index contributed by atoms with van der Waals surface area (Å²) in [5, 5.41) is 7.00. The first-order valence-corrected chi connectivity index (χ1v) is 4.16. The van der Waals surface area contributed by atoms with Crippen LogP contribution >= 0.6 is 0 Å². The van der Waals surface area contributed by atoms with Gasteiger partial charge in [-0.15, -0.1) is 0 Å². The molecular formula is C8H12N4O3. The van der Waals surface area contributed by atoms with Crippen LogP contribution in [0.1, 0.15) is 0 Å². The second-order valence-corrected chi connectivity index (χ2v) is 2.81. The molecule has 2 N–H and O–H groups in total. The van der Waals surface area contributed by atoms with Gasteiger partial charge < -0.3 is 10.1 Å². The van der Waals surface area contributed by atoms with E-state index in [1.165, 1.54) is 17.9 Å². The Hall–Kier alpha value is -1.89. The summed E-state index contributed by atoms with van der Waals surface area (Å²) < 4.78 is 2.37. The minimum absolute atomic E-state index is 0.351. The molecule has 0 aliphatic carbocycles. The normalized spacial score (nSPS) is 9.87. The molecule has 7 heteroatoms. The molecule has 7 nitrogen and oxygen atoms in total. The van der Waals surface area contributed by atoms with Crippen molar-refractivity contribution in [2.75, 3.05) is 7.11 Å². The van der Waals surface area contributed by atoms with Gasteiger partial charge in [0.2, 0.25) is 0 Å². The summed E-state index contributed by atoms with van der Waals surface area (Å²) >= 11 is 0. The number of hydrogen-bond acceptors (Lipinski definition) is 4. The van der Waals surface area contributed by atoms with Crippen LogP contribution in [0.25, 0.3) is 11.2 Å². The molecule has 0 unspecified atom stereocenters. The molecule has 2 aromatic rings. The summed E-state index contributed by atoms with van der Waals surface area (Å²) in [5.41, 5.74) is 0.0119. The number of H-pyrrole nitrogens is 1. The molecule has 0 bridgehead atoms. The molecule has 0 aliphatic rings. The Morgan fingerprint density at radius 2 is 1.87 bits per heavy atom. The molecular weight excluding hydrogens is 200 g/mol. The average Bonchev–Trinajstić information content (AvgIpc) is 2.75. The van der Waals surface area contributed by atoms with E-state index in [4.69, 9.17) is 5.11 Å². The topological polar surface area (TPSA) is 92.9 Å². The van der Waals surface area contributed by atoms with Gasteiger partial charge in [0, 0.05) is 21.2 Å². The zero-order chi connectivity index (χ0) is 11.6. The van der Waals surface area contributed by atoms with Crippen molar-refractivity contribution < 1.29 is 5.11 Å². The highest BCUT2D eigenvalue weighted by Crippen LogP contribution is 1.97. The van der Waals surface area contributed by atoms with Crippen LogP contribution in [0, 0.1) is 0 Å². The van der Waals surface area contributed by atoms with E-state index >= 15 is 0 Å². The Kier molecular flexibility index (Phi) is 3.05. The lowest BCUT2D eigenvalue weighted by molar-refractivity contribution is 0.399. The maximum absolute atomic E-state index is 11.4. The molecule has 2 aromatic heterocycles. The Morgan fingerprint density at radius 3 is 2.47 bits per heavy atom. The lowest BCUT2D eigenvalue weighted by Crippen LogP contribution is -2.36. The van der Waals surface area contributed by atoms with E-state index in [0.29, 0.717) is 11.2 Å². The van der Waals surface area contributed by atoms with Crippen LogP contribution in [-0.4, -0.2) is 31.3 Å². The molecule has 0 aromatic carbocycles. The number of rotatable bonds is 0. The molecule has 82 valence electrons. The highest BCUT2D eigenvalue weighted by Gasteiger charge is 2.08. The molecule has 0 saturated carbocycles. The standard InChI is InChI=1S/C7H8N4O2.CH4O/c1-10-5-4(8-3-9-5)6(12)11(2)7(10)13;1-2/h3H,1-2H3,(H,8,9);2H,1H3. The second-order valence-electron chi connectivity index (χ2n) is 2.81. The van der Waals surface area contributed by atoms with E-state index in [-0.39, 0.29) is 11.2 Å². The third-order valence-corrected chi connectivity index (χ3v) is 2.03. The van der Waals surface area contributed by atoms with Crippen LogP contribution in [0.5, 0.6) is 0 Å². The number of aliphatic hydroxyl groups is 1. The summed E-state index contributed by atoms with van der Waals surface area (Å²) in [7, 11) is 4.01. The van der Waals surface area contributed by atoms with Gasteiger partial charge in [0.15, 0.2) is 5.65 Å². The first-order valence-electron chi connectivity index (χ1n) is 4.16. The Bertz CT molecular complexity index is 578. The highest BCUT2D eigenvalue weighted by molar-refractivity contribution is 5.68. The summed E-state index contributed by atoms with van der Waals surface area (Å²) in [6, 6.07) is 0. The average molecular weight is 212 g/mol. The zero-order valence-corrected chi connectivity index (χ0v) is 8.68. The van der Waals surface area contributed by atoms with E-state index in [2.05, 4.69) is 9.97 Å². The number of nitrogens with zero attached hydrogens (tertiary/aromatic N) is 3. The summed E-state index contributed by atoms with van der Waals surface area (Å²) in [5.74, 6) is 0. The van der Waals surface area contributed by atoms with Crippen molar-refractivity contribution in [1.82, 2.24) is 19.1 Å².